The number of thiol groups is 1. The molecule has 0 saturated heterocycles. The molecule has 0 fully saturated rings. The highest BCUT2D eigenvalue weighted by molar-refractivity contribution is 7.80. The van der Waals surface area contributed by atoms with Crippen molar-refractivity contribution in [2.75, 3.05) is 12.3 Å². The fourth-order valence-corrected chi connectivity index (χ4v) is 3.91. The SMILES string of the molecule is O=C1C=CC(=O)N1CCCCCCCCCCCCCCCCCCCS. The third kappa shape index (κ3) is 13.1. The second kappa shape index (κ2) is 17.3. The lowest BCUT2D eigenvalue weighted by atomic mass is 10.0. The van der Waals surface area contributed by atoms with Crippen molar-refractivity contribution in [3.63, 3.8) is 0 Å². The van der Waals surface area contributed by atoms with Crippen molar-refractivity contribution >= 4 is 24.4 Å². The van der Waals surface area contributed by atoms with Gasteiger partial charge in [-0.15, -0.1) is 0 Å². The van der Waals surface area contributed by atoms with Crippen LogP contribution in [0.25, 0.3) is 0 Å². The Kier molecular flexibility index (Phi) is 15.6. The van der Waals surface area contributed by atoms with Crippen molar-refractivity contribution in [1.82, 2.24) is 4.90 Å². The van der Waals surface area contributed by atoms with Crippen molar-refractivity contribution in [2.45, 2.75) is 109 Å². The zero-order valence-corrected chi connectivity index (χ0v) is 18.2. The summed E-state index contributed by atoms with van der Waals surface area (Å²) < 4.78 is 0. The van der Waals surface area contributed by atoms with Crippen molar-refractivity contribution in [1.29, 1.82) is 0 Å². The van der Waals surface area contributed by atoms with Gasteiger partial charge >= 0.3 is 0 Å². The Morgan fingerprint density at radius 2 is 0.815 bits per heavy atom. The molecule has 1 aliphatic rings. The van der Waals surface area contributed by atoms with Crippen LogP contribution in [-0.4, -0.2) is 29.0 Å². The van der Waals surface area contributed by atoms with Crippen LogP contribution < -0.4 is 0 Å². The zero-order chi connectivity index (χ0) is 19.6. The van der Waals surface area contributed by atoms with E-state index in [9.17, 15) is 9.59 Å². The van der Waals surface area contributed by atoms with Gasteiger partial charge in [-0.1, -0.05) is 96.3 Å². The van der Waals surface area contributed by atoms with E-state index in [2.05, 4.69) is 12.6 Å². The Balaban J connectivity index is 1.71. The van der Waals surface area contributed by atoms with Crippen LogP contribution in [0.4, 0.5) is 0 Å². The van der Waals surface area contributed by atoms with E-state index in [4.69, 9.17) is 0 Å². The summed E-state index contributed by atoms with van der Waals surface area (Å²) >= 11 is 4.25. The van der Waals surface area contributed by atoms with Gasteiger partial charge in [-0.25, -0.2) is 0 Å². The first kappa shape index (κ1) is 24.3. The van der Waals surface area contributed by atoms with Crippen LogP contribution in [0, 0.1) is 0 Å². The first-order valence-electron chi connectivity index (χ1n) is 11.4. The second-order valence-electron chi connectivity index (χ2n) is 7.90. The summed E-state index contributed by atoms with van der Waals surface area (Å²) in [5, 5.41) is 0. The maximum absolute atomic E-state index is 11.4. The maximum Gasteiger partial charge on any atom is 0.253 e. The topological polar surface area (TPSA) is 37.4 Å². The first-order chi connectivity index (χ1) is 13.3. The Morgan fingerprint density at radius 1 is 0.519 bits per heavy atom. The average Bonchev–Trinajstić information content (AvgIpc) is 2.99. The summed E-state index contributed by atoms with van der Waals surface area (Å²) in [4.78, 5) is 24.2. The Hall–Kier alpha value is -0.770. The van der Waals surface area contributed by atoms with Crippen LogP contribution in [0.15, 0.2) is 12.2 Å². The molecule has 0 radical (unpaired) electrons. The number of unbranched alkanes of at least 4 members (excludes halogenated alkanes) is 16. The highest BCUT2D eigenvalue weighted by atomic mass is 32.1. The molecular formula is C23H41NO2S. The van der Waals surface area contributed by atoms with Crippen LogP contribution in [0.1, 0.15) is 109 Å². The molecule has 156 valence electrons. The largest absolute Gasteiger partial charge is 0.275 e. The summed E-state index contributed by atoms with van der Waals surface area (Å²) in [6.45, 7) is 0.584. The molecule has 0 bridgehead atoms. The smallest absolute Gasteiger partial charge is 0.253 e. The lowest BCUT2D eigenvalue weighted by Crippen LogP contribution is -2.30. The average molecular weight is 396 g/mol. The first-order valence-corrected chi connectivity index (χ1v) is 12.0. The minimum absolute atomic E-state index is 0.149. The van der Waals surface area contributed by atoms with E-state index in [1.165, 1.54) is 113 Å². The van der Waals surface area contributed by atoms with Crippen LogP contribution in [0.3, 0.4) is 0 Å². The summed E-state index contributed by atoms with van der Waals surface area (Å²) in [5.74, 6) is 0.745. The van der Waals surface area contributed by atoms with Crippen LogP contribution in [0.5, 0.6) is 0 Å². The van der Waals surface area contributed by atoms with Gasteiger partial charge in [-0.2, -0.15) is 12.6 Å². The minimum atomic E-state index is -0.149. The zero-order valence-electron chi connectivity index (χ0n) is 17.3. The number of carbonyl (C=O) groups excluding carboxylic acids is 2. The van der Waals surface area contributed by atoms with Gasteiger partial charge in [-0.3, -0.25) is 14.5 Å². The van der Waals surface area contributed by atoms with E-state index < -0.39 is 0 Å². The molecule has 0 aromatic heterocycles. The van der Waals surface area contributed by atoms with E-state index in [0.717, 1.165) is 18.6 Å². The Morgan fingerprint density at radius 3 is 1.15 bits per heavy atom. The van der Waals surface area contributed by atoms with Gasteiger partial charge in [0.1, 0.15) is 0 Å². The fourth-order valence-electron chi connectivity index (χ4n) is 3.68. The summed E-state index contributed by atoms with van der Waals surface area (Å²) in [6.07, 6.45) is 25.3. The lowest BCUT2D eigenvalue weighted by Gasteiger charge is -2.12. The quantitative estimate of drug-likeness (QED) is 0.154. The monoisotopic (exact) mass is 395 g/mol. The number of rotatable bonds is 19. The van der Waals surface area contributed by atoms with Gasteiger partial charge in [0, 0.05) is 18.7 Å². The molecule has 0 unspecified atom stereocenters. The highest BCUT2D eigenvalue weighted by Gasteiger charge is 2.21. The van der Waals surface area contributed by atoms with Crippen molar-refractivity contribution in [2.24, 2.45) is 0 Å². The molecular weight excluding hydrogens is 354 g/mol. The Labute approximate surface area is 172 Å². The van der Waals surface area contributed by atoms with Crippen molar-refractivity contribution in [3.8, 4) is 0 Å². The van der Waals surface area contributed by atoms with E-state index >= 15 is 0 Å². The van der Waals surface area contributed by atoms with Gasteiger partial charge in [0.2, 0.25) is 0 Å². The summed E-state index contributed by atoms with van der Waals surface area (Å²) in [6, 6.07) is 0. The molecule has 1 heterocycles. The van der Waals surface area contributed by atoms with Gasteiger partial charge in [0.05, 0.1) is 0 Å². The molecule has 4 heteroatoms. The molecule has 0 aromatic rings. The van der Waals surface area contributed by atoms with Gasteiger partial charge in [-0.05, 0) is 18.6 Å². The van der Waals surface area contributed by atoms with Gasteiger partial charge < -0.3 is 0 Å². The van der Waals surface area contributed by atoms with E-state index in [-0.39, 0.29) is 11.8 Å². The number of hydrogen-bond donors (Lipinski definition) is 1. The van der Waals surface area contributed by atoms with Crippen LogP contribution in [-0.2, 0) is 9.59 Å². The predicted octanol–water partition coefficient (Wildman–Crippen LogP) is 6.47. The van der Waals surface area contributed by atoms with E-state index in [1.807, 2.05) is 0 Å². The maximum atomic E-state index is 11.4. The normalized spacial score (nSPS) is 13.9. The molecule has 3 nitrogen and oxygen atoms in total. The van der Waals surface area contributed by atoms with Gasteiger partial charge in [0.15, 0.2) is 0 Å². The number of imide groups is 1. The molecule has 1 aliphatic heterocycles. The molecule has 1 rings (SSSR count). The van der Waals surface area contributed by atoms with Crippen molar-refractivity contribution < 1.29 is 9.59 Å². The Bertz CT molecular complexity index is 405. The minimum Gasteiger partial charge on any atom is -0.275 e. The molecule has 0 atom stereocenters. The highest BCUT2D eigenvalue weighted by Crippen LogP contribution is 2.14. The lowest BCUT2D eigenvalue weighted by molar-refractivity contribution is -0.136. The third-order valence-corrected chi connectivity index (χ3v) is 5.76. The standard InChI is InChI=1S/C23H41NO2S/c25-22-18-19-23(26)24(22)20-16-14-12-10-8-6-4-2-1-3-5-7-9-11-13-15-17-21-27/h18-19,27H,1-17,20-21H2. The number of hydrogen-bond acceptors (Lipinski definition) is 3. The summed E-state index contributed by atoms with van der Waals surface area (Å²) in [5.41, 5.74) is 0. The fraction of sp³-hybridized carbons (Fsp3) is 0.826. The molecule has 0 aliphatic carbocycles. The third-order valence-electron chi connectivity index (χ3n) is 5.44. The van der Waals surface area contributed by atoms with Crippen molar-refractivity contribution in [3.05, 3.63) is 12.2 Å². The molecule has 0 N–H and O–H groups in total. The van der Waals surface area contributed by atoms with Crippen LogP contribution >= 0.6 is 12.6 Å². The molecule has 2 amide bonds. The number of amides is 2. The molecule has 0 aromatic carbocycles. The molecule has 0 spiro atoms. The summed E-state index contributed by atoms with van der Waals surface area (Å²) in [7, 11) is 0. The van der Waals surface area contributed by atoms with Crippen LogP contribution in [0.2, 0.25) is 0 Å². The number of nitrogens with zero attached hydrogens (tertiary/aromatic N) is 1. The van der Waals surface area contributed by atoms with Gasteiger partial charge in [0.25, 0.3) is 11.8 Å². The predicted molar refractivity (Wildman–Crippen MR) is 118 cm³/mol. The molecule has 27 heavy (non-hydrogen) atoms. The van der Waals surface area contributed by atoms with E-state index in [1.54, 1.807) is 0 Å². The molecule has 0 saturated carbocycles. The van der Waals surface area contributed by atoms with E-state index in [0.29, 0.717) is 6.54 Å². The number of carbonyl (C=O) groups is 2. The second-order valence-corrected chi connectivity index (χ2v) is 8.34.